The first kappa shape index (κ1) is 8.38. The van der Waals surface area contributed by atoms with E-state index in [0.29, 0.717) is 5.56 Å². The Labute approximate surface area is 80.8 Å². The van der Waals surface area contributed by atoms with Gasteiger partial charge >= 0.3 is 0 Å². The van der Waals surface area contributed by atoms with Crippen molar-refractivity contribution in [1.82, 2.24) is 0 Å². The first-order valence-electron chi connectivity index (χ1n) is 4.00. The number of thioether (sulfide) groups is 1. The van der Waals surface area contributed by atoms with Crippen molar-refractivity contribution in [2.24, 2.45) is 5.73 Å². The van der Waals surface area contributed by atoms with Gasteiger partial charge in [0.2, 0.25) is 5.91 Å². The molecule has 1 aromatic rings. The zero-order valence-electron chi connectivity index (χ0n) is 6.99. The Balaban J connectivity index is 2.48. The summed E-state index contributed by atoms with van der Waals surface area (Å²) in [6.45, 7) is 0. The van der Waals surface area contributed by atoms with Crippen LogP contribution in [0.3, 0.4) is 0 Å². The Bertz CT molecular complexity index is 385. The molecule has 2 rings (SSSR count). The van der Waals surface area contributed by atoms with E-state index in [1.807, 2.05) is 18.2 Å². The third-order valence-electron chi connectivity index (χ3n) is 1.93. The molecule has 1 amide bonds. The second-order valence-electron chi connectivity index (χ2n) is 2.83. The van der Waals surface area contributed by atoms with E-state index in [0.717, 1.165) is 11.3 Å². The molecule has 1 aliphatic heterocycles. The molecule has 0 spiro atoms. The summed E-state index contributed by atoms with van der Waals surface area (Å²) in [5.74, 6) is 0.634. The van der Waals surface area contributed by atoms with Gasteiger partial charge in [-0.25, -0.2) is 0 Å². The summed E-state index contributed by atoms with van der Waals surface area (Å²) >= 11 is 1.77. The minimum atomic E-state index is -0.369. The summed E-state index contributed by atoms with van der Waals surface area (Å²) in [5.41, 5.74) is 6.84. The van der Waals surface area contributed by atoms with E-state index in [9.17, 15) is 4.79 Å². The number of primary amides is 1. The number of benzene rings is 1. The van der Waals surface area contributed by atoms with Crippen molar-refractivity contribution in [2.75, 3.05) is 5.75 Å². The van der Waals surface area contributed by atoms with E-state index in [1.54, 1.807) is 17.8 Å². The van der Waals surface area contributed by atoms with E-state index >= 15 is 0 Å². The molecule has 0 aliphatic carbocycles. The van der Waals surface area contributed by atoms with Gasteiger partial charge in [-0.2, -0.15) is 0 Å². The maximum Gasteiger partial charge on any atom is 0.248 e. The van der Waals surface area contributed by atoms with Crippen molar-refractivity contribution in [2.45, 2.75) is 4.90 Å². The summed E-state index contributed by atoms with van der Waals surface area (Å²) in [7, 11) is 0. The van der Waals surface area contributed by atoms with Gasteiger partial charge in [0.1, 0.15) is 0 Å². The Morgan fingerprint density at radius 2 is 2.31 bits per heavy atom. The molecule has 0 bridgehead atoms. The molecular weight excluding hydrogens is 182 g/mol. The largest absolute Gasteiger partial charge is 0.366 e. The van der Waals surface area contributed by atoms with Crippen molar-refractivity contribution in [3.05, 3.63) is 35.4 Å². The van der Waals surface area contributed by atoms with Gasteiger partial charge in [0, 0.05) is 16.2 Å². The Morgan fingerprint density at radius 3 is 3.08 bits per heavy atom. The molecule has 0 saturated heterocycles. The van der Waals surface area contributed by atoms with E-state index in [4.69, 9.17) is 5.73 Å². The second-order valence-corrected chi connectivity index (χ2v) is 3.89. The fraction of sp³-hybridized carbons (Fsp3) is 0.100. The summed E-state index contributed by atoms with van der Waals surface area (Å²) in [4.78, 5) is 12.1. The van der Waals surface area contributed by atoms with Crippen LogP contribution in [0.1, 0.15) is 15.9 Å². The highest BCUT2D eigenvalue weighted by molar-refractivity contribution is 7.99. The molecule has 0 saturated carbocycles. The number of carbonyl (C=O) groups excluding carboxylic acids is 1. The first-order valence-corrected chi connectivity index (χ1v) is 4.99. The lowest BCUT2D eigenvalue weighted by Gasteiger charge is -2.09. The number of carbonyl (C=O) groups is 1. The van der Waals surface area contributed by atoms with Crippen molar-refractivity contribution in [3.63, 3.8) is 0 Å². The fourth-order valence-electron chi connectivity index (χ4n) is 1.28. The van der Waals surface area contributed by atoms with Crippen molar-refractivity contribution >= 4 is 23.7 Å². The molecule has 0 aromatic heterocycles. The van der Waals surface area contributed by atoms with Crippen LogP contribution in [0.2, 0.25) is 0 Å². The van der Waals surface area contributed by atoms with Gasteiger partial charge in [-0.05, 0) is 23.8 Å². The van der Waals surface area contributed by atoms with Crippen molar-refractivity contribution < 1.29 is 4.79 Å². The van der Waals surface area contributed by atoms with E-state index in [2.05, 4.69) is 6.08 Å². The van der Waals surface area contributed by atoms with Crippen LogP contribution in [0.25, 0.3) is 6.08 Å². The van der Waals surface area contributed by atoms with Crippen LogP contribution in [0.5, 0.6) is 0 Å². The lowest BCUT2D eigenvalue weighted by atomic mass is 10.1. The van der Waals surface area contributed by atoms with Gasteiger partial charge in [-0.1, -0.05) is 12.2 Å². The molecule has 13 heavy (non-hydrogen) atoms. The van der Waals surface area contributed by atoms with E-state index in [1.165, 1.54) is 4.90 Å². The van der Waals surface area contributed by atoms with Gasteiger partial charge < -0.3 is 5.73 Å². The highest BCUT2D eigenvalue weighted by Crippen LogP contribution is 2.28. The third kappa shape index (κ3) is 1.60. The Morgan fingerprint density at radius 1 is 1.46 bits per heavy atom. The zero-order valence-corrected chi connectivity index (χ0v) is 7.80. The van der Waals surface area contributed by atoms with Gasteiger partial charge in [0.05, 0.1) is 0 Å². The fourth-order valence-corrected chi connectivity index (χ4v) is 2.11. The normalized spacial score (nSPS) is 13.8. The molecule has 2 N–H and O–H groups in total. The molecule has 0 radical (unpaired) electrons. The van der Waals surface area contributed by atoms with Crippen LogP contribution in [-0.4, -0.2) is 11.7 Å². The minimum absolute atomic E-state index is 0.369. The summed E-state index contributed by atoms with van der Waals surface area (Å²) in [6, 6.07) is 5.55. The van der Waals surface area contributed by atoms with Gasteiger partial charge in [0.25, 0.3) is 0 Å². The highest BCUT2D eigenvalue weighted by Gasteiger charge is 2.07. The quantitative estimate of drug-likeness (QED) is 0.736. The summed E-state index contributed by atoms with van der Waals surface area (Å²) < 4.78 is 0. The summed E-state index contributed by atoms with van der Waals surface area (Å²) in [6.07, 6.45) is 4.11. The molecule has 1 aliphatic rings. The topological polar surface area (TPSA) is 43.1 Å². The van der Waals surface area contributed by atoms with Crippen molar-refractivity contribution in [1.29, 1.82) is 0 Å². The van der Waals surface area contributed by atoms with Crippen LogP contribution in [-0.2, 0) is 0 Å². The lowest BCUT2D eigenvalue weighted by Crippen LogP contribution is -2.11. The van der Waals surface area contributed by atoms with Gasteiger partial charge in [-0.15, -0.1) is 11.8 Å². The lowest BCUT2D eigenvalue weighted by molar-refractivity contribution is 0.1000. The molecule has 66 valence electrons. The SMILES string of the molecule is NC(=O)c1ccc2c(c1)C=CCS2. The molecule has 3 heteroatoms. The van der Waals surface area contributed by atoms with Gasteiger partial charge in [-0.3, -0.25) is 4.79 Å². The molecular formula is C10H9NOS. The van der Waals surface area contributed by atoms with Crippen LogP contribution >= 0.6 is 11.8 Å². The maximum atomic E-state index is 10.9. The monoisotopic (exact) mass is 191 g/mol. The van der Waals surface area contributed by atoms with E-state index in [-0.39, 0.29) is 5.91 Å². The molecule has 0 unspecified atom stereocenters. The van der Waals surface area contributed by atoms with Crippen LogP contribution in [0.4, 0.5) is 0 Å². The average molecular weight is 191 g/mol. The number of amides is 1. The van der Waals surface area contributed by atoms with Gasteiger partial charge in [0.15, 0.2) is 0 Å². The molecule has 1 heterocycles. The number of rotatable bonds is 1. The number of fused-ring (bicyclic) bond motifs is 1. The second kappa shape index (κ2) is 3.26. The van der Waals surface area contributed by atoms with Crippen LogP contribution in [0, 0.1) is 0 Å². The van der Waals surface area contributed by atoms with Crippen molar-refractivity contribution in [3.8, 4) is 0 Å². The first-order chi connectivity index (χ1) is 6.27. The molecule has 2 nitrogen and oxygen atoms in total. The number of hydrogen-bond donors (Lipinski definition) is 1. The summed E-state index contributed by atoms with van der Waals surface area (Å²) in [5, 5.41) is 0. The van der Waals surface area contributed by atoms with Crippen LogP contribution in [0.15, 0.2) is 29.2 Å². The average Bonchev–Trinajstić information content (AvgIpc) is 2.17. The predicted octanol–water partition coefficient (Wildman–Crippen LogP) is 1.90. The Kier molecular flexibility index (Phi) is 2.10. The van der Waals surface area contributed by atoms with Crippen LogP contribution < -0.4 is 5.73 Å². The number of hydrogen-bond acceptors (Lipinski definition) is 2. The highest BCUT2D eigenvalue weighted by atomic mass is 32.2. The standard InChI is InChI=1S/C10H9NOS/c11-10(12)8-3-4-9-7(6-8)2-1-5-13-9/h1-4,6H,5H2,(H2,11,12). The Hall–Kier alpha value is -1.22. The number of nitrogens with two attached hydrogens (primary N) is 1. The molecule has 1 aromatic carbocycles. The van der Waals surface area contributed by atoms with E-state index < -0.39 is 0 Å². The molecule has 0 atom stereocenters. The maximum absolute atomic E-state index is 10.9. The third-order valence-corrected chi connectivity index (χ3v) is 2.97. The molecule has 0 fully saturated rings. The smallest absolute Gasteiger partial charge is 0.248 e. The zero-order chi connectivity index (χ0) is 9.26. The predicted molar refractivity (Wildman–Crippen MR) is 54.7 cm³/mol. The minimum Gasteiger partial charge on any atom is -0.366 e.